The Morgan fingerprint density at radius 2 is 1.90 bits per heavy atom. The van der Waals surface area contributed by atoms with E-state index in [4.69, 9.17) is 9.47 Å². The molecular formula is C17H17NO3. The summed E-state index contributed by atoms with van der Waals surface area (Å²) in [5, 5.41) is 2.90. The lowest BCUT2D eigenvalue weighted by molar-refractivity contribution is -0.116. The average Bonchev–Trinajstić information content (AvgIpc) is 2.95. The fourth-order valence-electron chi connectivity index (χ4n) is 2.36. The molecule has 1 amide bonds. The Morgan fingerprint density at radius 3 is 2.71 bits per heavy atom. The first kappa shape index (κ1) is 13.5. The van der Waals surface area contributed by atoms with Gasteiger partial charge in [-0.2, -0.15) is 0 Å². The second-order valence-electron chi connectivity index (χ2n) is 5.13. The van der Waals surface area contributed by atoms with E-state index >= 15 is 0 Å². The van der Waals surface area contributed by atoms with Crippen molar-refractivity contribution < 1.29 is 14.3 Å². The third kappa shape index (κ3) is 3.16. The minimum absolute atomic E-state index is 0.00906. The van der Waals surface area contributed by atoms with E-state index in [1.165, 1.54) is 5.56 Å². The van der Waals surface area contributed by atoms with Crippen LogP contribution < -0.4 is 14.8 Å². The average molecular weight is 283 g/mol. The highest BCUT2D eigenvalue weighted by atomic mass is 16.7. The molecule has 1 atom stereocenters. The first-order valence-electron chi connectivity index (χ1n) is 6.97. The Bertz CT molecular complexity index is 640. The van der Waals surface area contributed by atoms with E-state index in [1.54, 1.807) is 12.1 Å². The summed E-state index contributed by atoms with van der Waals surface area (Å²) in [7, 11) is 0. The lowest BCUT2D eigenvalue weighted by Crippen LogP contribution is -2.14. The predicted molar refractivity (Wildman–Crippen MR) is 80.7 cm³/mol. The molecule has 1 heterocycles. The molecule has 108 valence electrons. The number of ether oxygens (including phenoxy) is 2. The number of amides is 1. The zero-order valence-electron chi connectivity index (χ0n) is 11.8. The molecule has 4 nitrogen and oxygen atoms in total. The molecule has 0 radical (unpaired) electrons. The van der Waals surface area contributed by atoms with Crippen LogP contribution in [-0.4, -0.2) is 12.7 Å². The Labute approximate surface area is 123 Å². The van der Waals surface area contributed by atoms with Crippen LogP contribution in [0.5, 0.6) is 11.5 Å². The van der Waals surface area contributed by atoms with Gasteiger partial charge in [0.25, 0.3) is 0 Å². The third-order valence-electron chi connectivity index (χ3n) is 3.52. The van der Waals surface area contributed by atoms with Crippen LogP contribution in [0.1, 0.15) is 24.8 Å². The third-order valence-corrected chi connectivity index (χ3v) is 3.52. The summed E-state index contributed by atoms with van der Waals surface area (Å²) >= 11 is 0. The molecule has 0 bridgehead atoms. The van der Waals surface area contributed by atoms with Crippen LogP contribution in [0.4, 0.5) is 5.69 Å². The van der Waals surface area contributed by atoms with Gasteiger partial charge >= 0.3 is 0 Å². The maximum absolute atomic E-state index is 12.1. The summed E-state index contributed by atoms with van der Waals surface area (Å²) in [6.45, 7) is 2.28. The fraction of sp³-hybridized carbons (Fsp3) is 0.235. The molecule has 1 N–H and O–H groups in total. The molecule has 0 aromatic heterocycles. The van der Waals surface area contributed by atoms with E-state index in [-0.39, 0.29) is 18.6 Å². The normalized spacial score (nSPS) is 13.8. The molecule has 4 heteroatoms. The molecule has 1 aliphatic rings. The lowest BCUT2D eigenvalue weighted by atomic mass is 9.97. The van der Waals surface area contributed by atoms with Gasteiger partial charge in [0.1, 0.15) is 0 Å². The fourth-order valence-corrected chi connectivity index (χ4v) is 2.36. The van der Waals surface area contributed by atoms with Gasteiger partial charge in [-0.05, 0) is 23.6 Å². The van der Waals surface area contributed by atoms with Crippen LogP contribution in [0.2, 0.25) is 0 Å². The lowest BCUT2D eigenvalue weighted by Gasteiger charge is -2.12. The van der Waals surface area contributed by atoms with Gasteiger partial charge in [0.05, 0.1) is 0 Å². The molecule has 0 unspecified atom stereocenters. The number of hydrogen-bond acceptors (Lipinski definition) is 3. The second kappa shape index (κ2) is 5.87. The molecule has 0 spiro atoms. The first-order chi connectivity index (χ1) is 10.2. The highest BCUT2D eigenvalue weighted by Crippen LogP contribution is 2.34. The summed E-state index contributed by atoms with van der Waals surface area (Å²) in [6, 6.07) is 15.4. The maximum Gasteiger partial charge on any atom is 0.231 e. The Morgan fingerprint density at radius 1 is 1.14 bits per heavy atom. The van der Waals surface area contributed by atoms with Crippen LogP contribution in [0, 0.1) is 0 Å². The number of carbonyl (C=O) groups is 1. The standard InChI is InChI=1S/C17H17NO3/c1-12(13-5-3-2-4-6-13)9-17(19)18-14-7-8-15-16(10-14)21-11-20-15/h2-8,10,12H,9,11H2,1H3,(H,18,19)/t12-/m0/s1. The minimum Gasteiger partial charge on any atom is -0.454 e. The number of rotatable bonds is 4. The maximum atomic E-state index is 12.1. The number of anilines is 1. The van der Waals surface area contributed by atoms with Crippen LogP contribution in [0.25, 0.3) is 0 Å². The summed E-state index contributed by atoms with van der Waals surface area (Å²) in [4.78, 5) is 12.1. The van der Waals surface area contributed by atoms with E-state index in [1.807, 2.05) is 36.4 Å². The molecule has 0 saturated carbocycles. The van der Waals surface area contributed by atoms with E-state index in [2.05, 4.69) is 12.2 Å². The molecule has 0 fully saturated rings. The Balaban J connectivity index is 1.61. The Kier molecular flexibility index (Phi) is 3.77. The molecule has 2 aromatic rings. The summed E-state index contributed by atoms with van der Waals surface area (Å²) < 4.78 is 10.5. The number of nitrogens with one attached hydrogen (secondary N) is 1. The number of hydrogen-bond donors (Lipinski definition) is 1. The highest BCUT2D eigenvalue weighted by Gasteiger charge is 2.15. The van der Waals surface area contributed by atoms with Gasteiger partial charge in [-0.3, -0.25) is 4.79 Å². The van der Waals surface area contributed by atoms with Crippen molar-refractivity contribution in [2.45, 2.75) is 19.3 Å². The van der Waals surface area contributed by atoms with Gasteiger partial charge in [0.2, 0.25) is 12.7 Å². The van der Waals surface area contributed by atoms with Gasteiger partial charge in [0, 0.05) is 18.2 Å². The van der Waals surface area contributed by atoms with Crippen LogP contribution >= 0.6 is 0 Å². The van der Waals surface area contributed by atoms with Crippen molar-refractivity contribution >= 4 is 11.6 Å². The van der Waals surface area contributed by atoms with E-state index in [0.29, 0.717) is 17.9 Å². The summed E-state index contributed by atoms with van der Waals surface area (Å²) in [5.41, 5.74) is 1.89. The van der Waals surface area contributed by atoms with Crippen molar-refractivity contribution in [1.82, 2.24) is 0 Å². The molecule has 2 aromatic carbocycles. The number of benzene rings is 2. The smallest absolute Gasteiger partial charge is 0.231 e. The van der Waals surface area contributed by atoms with Gasteiger partial charge < -0.3 is 14.8 Å². The number of fused-ring (bicyclic) bond motifs is 1. The van der Waals surface area contributed by atoms with Crippen molar-refractivity contribution in [3.63, 3.8) is 0 Å². The predicted octanol–water partition coefficient (Wildman–Crippen LogP) is 3.55. The van der Waals surface area contributed by atoms with Crippen molar-refractivity contribution in [3.8, 4) is 11.5 Å². The molecule has 3 rings (SSSR count). The van der Waals surface area contributed by atoms with Crippen molar-refractivity contribution in [2.24, 2.45) is 0 Å². The molecule has 1 aliphatic heterocycles. The quantitative estimate of drug-likeness (QED) is 0.933. The SMILES string of the molecule is C[C@@H](CC(=O)Nc1ccc2c(c1)OCO2)c1ccccc1. The first-order valence-corrected chi connectivity index (χ1v) is 6.97. The van der Waals surface area contributed by atoms with E-state index in [9.17, 15) is 4.79 Å². The van der Waals surface area contributed by atoms with Crippen LogP contribution in [-0.2, 0) is 4.79 Å². The molecular weight excluding hydrogens is 266 g/mol. The molecule has 0 saturated heterocycles. The van der Waals surface area contributed by atoms with Crippen LogP contribution in [0.3, 0.4) is 0 Å². The minimum atomic E-state index is -0.00906. The summed E-state index contributed by atoms with van der Waals surface area (Å²) in [6.07, 6.45) is 0.443. The number of carbonyl (C=O) groups excluding carboxylic acids is 1. The monoisotopic (exact) mass is 283 g/mol. The summed E-state index contributed by atoms with van der Waals surface area (Å²) in [5.74, 6) is 1.56. The largest absolute Gasteiger partial charge is 0.454 e. The highest BCUT2D eigenvalue weighted by molar-refractivity contribution is 5.91. The van der Waals surface area contributed by atoms with Gasteiger partial charge in [0.15, 0.2) is 11.5 Å². The van der Waals surface area contributed by atoms with Gasteiger partial charge in [-0.1, -0.05) is 37.3 Å². The topological polar surface area (TPSA) is 47.6 Å². The van der Waals surface area contributed by atoms with Crippen molar-refractivity contribution in [1.29, 1.82) is 0 Å². The van der Waals surface area contributed by atoms with E-state index in [0.717, 1.165) is 5.69 Å². The zero-order valence-corrected chi connectivity index (χ0v) is 11.8. The Hall–Kier alpha value is -2.49. The van der Waals surface area contributed by atoms with Gasteiger partial charge in [-0.25, -0.2) is 0 Å². The molecule has 21 heavy (non-hydrogen) atoms. The second-order valence-corrected chi connectivity index (χ2v) is 5.13. The van der Waals surface area contributed by atoms with E-state index < -0.39 is 0 Å². The van der Waals surface area contributed by atoms with Crippen LogP contribution in [0.15, 0.2) is 48.5 Å². The van der Waals surface area contributed by atoms with Gasteiger partial charge in [-0.15, -0.1) is 0 Å². The zero-order chi connectivity index (χ0) is 14.7. The molecule has 0 aliphatic carbocycles. The van der Waals surface area contributed by atoms with Crippen molar-refractivity contribution in [3.05, 3.63) is 54.1 Å². The van der Waals surface area contributed by atoms with Crippen molar-refractivity contribution in [2.75, 3.05) is 12.1 Å².